The topological polar surface area (TPSA) is 63.9 Å². The number of hydrogen-bond acceptors (Lipinski definition) is 5. The summed E-state index contributed by atoms with van der Waals surface area (Å²) in [5.41, 5.74) is 2.37. The van der Waals surface area contributed by atoms with Crippen LogP contribution < -0.4 is 0 Å². The molecule has 1 aliphatic rings. The highest BCUT2D eigenvalue weighted by Gasteiger charge is 2.21. The fraction of sp³-hybridized carbons (Fsp3) is 0.368. The molecule has 26 heavy (non-hydrogen) atoms. The van der Waals surface area contributed by atoms with E-state index in [1.54, 1.807) is 17.5 Å². The second kappa shape index (κ2) is 7.78. The first-order chi connectivity index (χ1) is 12.8. The van der Waals surface area contributed by atoms with Crippen LogP contribution in [-0.2, 0) is 30.6 Å². The summed E-state index contributed by atoms with van der Waals surface area (Å²) in [5, 5.41) is 12.9. The number of aryl methyl sites for hydroxylation is 1. The molecular formula is C19H21N5OS. The Morgan fingerprint density at radius 1 is 1.15 bits per heavy atom. The van der Waals surface area contributed by atoms with Gasteiger partial charge in [-0.25, -0.2) is 0 Å². The van der Waals surface area contributed by atoms with Crippen molar-refractivity contribution in [1.82, 2.24) is 24.6 Å². The number of rotatable bonds is 5. The fourth-order valence-electron chi connectivity index (χ4n) is 3.29. The van der Waals surface area contributed by atoms with Crippen molar-refractivity contribution in [2.24, 2.45) is 0 Å². The molecule has 0 saturated carbocycles. The van der Waals surface area contributed by atoms with Crippen LogP contribution in [0.15, 0.2) is 41.4 Å². The zero-order valence-electron chi connectivity index (χ0n) is 14.5. The molecule has 4 heterocycles. The Morgan fingerprint density at radius 2 is 2.12 bits per heavy atom. The van der Waals surface area contributed by atoms with E-state index in [1.807, 2.05) is 23.2 Å². The van der Waals surface area contributed by atoms with Crippen LogP contribution in [0, 0.1) is 0 Å². The van der Waals surface area contributed by atoms with Gasteiger partial charge in [0.2, 0.25) is 5.91 Å². The van der Waals surface area contributed by atoms with Crippen molar-refractivity contribution in [3.8, 4) is 0 Å². The van der Waals surface area contributed by atoms with Gasteiger partial charge in [0.05, 0.1) is 0 Å². The molecule has 1 amide bonds. The maximum atomic E-state index is 12.6. The molecule has 0 unspecified atom stereocenters. The van der Waals surface area contributed by atoms with Gasteiger partial charge in [-0.05, 0) is 40.4 Å². The number of pyridine rings is 1. The molecule has 0 aliphatic carbocycles. The Morgan fingerprint density at radius 3 is 2.92 bits per heavy atom. The van der Waals surface area contributed by atoms with Gasteiger partial charge in [-0.3, -0.25) is 9.78 Å². The Kier molecular flexibility index (Phi) is 5.06. The predicted molar refractivity (Wildman–Crippen MR) is 100.0 cm³/mol. The SMILES string of the molecule is O=C(CCc1ccsc1)N1CCc2nnc(Cc3cccnc3)n2CC1. The van der Waals surface area contributed by atoms with Crippen molar-refractivity contribution in [2.45, 2.75) is 32.2 Å². The molecule has 4 rings (SSSR count). The summed E-state index contributed by atoms with van der Waals surface area (Å²) in [7, 11) is 0. The van der Waals surface area contributed by atoms with E-state index in [0.29, 0.717) is 25.9 Å². The predicted octanol–water partition coefficient (Wildman–Crippen LogP) is 2.34. The zero-order valence-corrected chi connectivity index (χ0v) is 15.4. The second-order valence-corrected chi connectivity index (χ2v) is 7.26. The number of hydrogen-bond donors (Lipinski definition) is 0. The smallest absolute Gasteiger partial charge is 0.222 e. The summed E-state index contributed by atoms with van der Waals surface area (Å²) < 4.78 is 2.17. The quantitative estimate of drug-likeness (QED) is 0.694. The lowest BCUT2D eigenvalue weighted by atomic mass is 10.2. The molecule has 0 bridgehead atoms. The second-order valence-electron chi connectivity index (χ2n) is 6.48. The number of amides is 1. The average Bonchev–Trinajstić information content (AvgIpc) is 3.26. The molecule has 6 nitrogen and oxygen atoms in total. The summed E-state index contributed by atoms with van der Waals surface area (Å²) in [6, 6.07) is 6.07. The van der Waals surface area contributed by atoms with Gasteiger partial charge in [0.25, 0.3) is 0 Å². The van der Waals surface area contributed by atoms with E-state index in [9.17, 15) is 4.79 Å². The lowest BCUT2D eigenvalue weighted by molar-refractivity contribution is -0.131. The van der Waals surface area contributed by atoms with Crippen LogP contribution in [0.5, 0.6) is 0 Å². The van der Waals surface area contributed by atoms with E-state index in [-0.39, 0.29) is 5.91 Å². The van der Waals surface area contributed by atoms with Gasteiger partial charge in [-0.1, -0.05) is 6.07 Å². The number of carbonyl (C=O) groups is 1. The first kappa shape index (κ1) is 16.9. The first-order valence-corrected chi connectivity index (χ1v) is 9.82. The van der Waals surface area contributed by atoms with Gasteiger partial charge in [0.1, 0.15) is 11.6 Å². The van der Waals surface area contributed by atoms with Crippen molar-refractivity contribution >= 4 is 17.2 Å². The number of carbonyl (C=O) groups excluding carboxylic acids is 1. The highest BCUT2D eigenvalue weighted by Crippen LogP contribution is 2.15. The van der Waals surface area contributed by atoms with Crippen molar-refractivity contribution in [3.63, 3.8) is 0 Å². The third kappa shape index (κ3) is 3.83. The number of nitrogens with zero attached hydrogens (tertiary/aromatic N) is 5. The third-order valence-electron chi connectivity index (χ3n) is 4.75. The standard InChI is InChI=1S/C19H21N5OS/c25-19(4-3-15-6-11-26-14-15)23-8-5-17-21-22-18(24(17)10-9-23)12-16-2-1-7-20-13-16/h1-2,6-7,11,13-14H,3-5,8-10,12H2. The van der Waals surface area contributed by atoms with Crippen molar-refractivity contribution < 1.29 is 4.79 Å². The average molecular weight is 367 g/mol. The van der Waals surface area contributed by atoms with E-state index in [0.717, 1.165) is 36.6 Å². The van der Waals surface area contributed by atoms with Crippen molar-refractivity contribution in [1.29, 1.82) is 0 Å². The monoisotopic (exact) mass is 367 g/mol. The van der Waals surface area contributed by atoms with Crippen LogP contribution in [-0.4, -0.2) is 43.6 Å². The molecule has 0 fully saturated rings. The summed E-state index contributed by atoms with van der Waals surface area (Å²) in [6.45, 7) is 2.18. The van der Waals surface area contributed by atoms with E-state index in [1.165, 1.54) is 5.56 Å². The van der Waals surface area contributed by atoms with Gasteiger partial charge < -0.3 is 9.47 Å². The normalized spacial score (nSPS) is 14.1. The van der Waals surface area contributed by atoms with E-state index < -0.39 is 0 Å². The Hall–Kier alpha value is -2.54. The molecule has 0 aromatic carbocycles. The van der Waals surface area contributed by atoms with Crippen molar-refractivity contribution in [2.75, 3.05) is 13.1 Å². The van der Waals surface area contributed by atoms with Gasteiger partial charge in [-0.2, -0.15) is 11.3 Å². The van der Waals surface area contributed by atoms with Gasteiger partial charge >= 0.3 is 0 Å². The van der Waals surface area contributed by atoms with Crippen LogP contribution in [0.25, 0.3) is 0 Å². The Balaban J connectivity index is 1.38. The molecule has 0 atom stereocenters. The number of thiophene rings is 1. The molecule has 0 N–H and O–H groups in total. The highest BCUT2D eigenvalue weighted by molar-refractivity contribution is 7.07. The largest absolute Gasteiger partial charge is 0.340 e. The van der Waals surface area contributed by atoms with Crippen molar-refractivity contribution in [3.05, 3.63) is 64.1 Å². The van der Waals surface area contributed by atoms with Crippen LogP contribution in [0.3, 0.4) is 0 Å². The molecule has 0 spiro atoms. The van der Waals surface area contributed by atoms with Gasteiger partial charge in [0, 0.05) is 51.3 Å². The molecule has 0 radical (unpaired) electrons. The lowest BCUT2D eigenvalue weighted by Gasteiger charge is -2.20. The summed E-state index contributed by atoms with van der Waals surface area (Å²) in [6.07, 6.45) is 6.49. The number of aromatic nitrogens is 4. The molecule has 3 aromatic heterocycles. The molecule has 134 valence electrons. The Bertz CT molecular complexity index is 859. The minimum absolute atomic E-state index is 0.226. The third-order valence-corrected chi connectivity index (χ3v) is 5.48. The van der Waals surface area contributed by atoms with Crippen LogP contribution in [0.2, 0.25) is 0 Å². The van der Waals surface area contributed by atoms with E-state index >= 15 is 0 Å². The lowest BCUT2D eigenvalue weighted by Crippen LogP contribution is -2.33. The molecule has 3 aromatic rings. The van der Waals surface area contributed by atoms with E-state index in [4.69, 9.17) is 0 Å². The summed E-state index contributed by atoms with van der Waals surface area (Å²) in [5.74, 6) is 2.14. The van der Waals surface area contributed by atoms with Crippen LogP contribution in [0.1, 0.15) is 29.2 Å². The first-order valence-electron chi connectivity index (χ1n) is 8.88. The minimum Gasteiger partial charge on any atom is -0.340 e. The molecule has 0 saturated heterocycles. The Labute approximate surface area is 156 Å². The number of fused-ring (bicyclic) bond motifs is 1. The molecular weight excluding hydrogens is 346 g/mol. The van der Waals surface area contributed by atoms with Crippen LogP contribution in [0.4, 0.5) is 0 Å². The van der Waals surface area contributed by atoms with E-state index in [2.05, 4.69) is 36.6 Å². The zero-order chi connectivity index (χ0) is 17.8. The summed E-state index contributed by atoms with van der Waals surface area (Å²) >= 11 is 1.68. The highest BCUT2D eigenvalue weighted by atomic mass is 32.1. The maximum absolute atomic E-state index is 12.6. The van der Waals surface area contributed by atoms with Gasteiger partial charge in [0.15, 0.2) is 0 Å². The molecule has 7 heteroatoms. The fourth-order valence-corrected chi connectivity index (χ4v) is 4.00. The maximum Gasteiger partial charge on any atom is 0.222 e. The van der Waals surface area contributed by atoms with Crippen LogP contribution >= 0.6 is 11.3 Å². The molecule has 1 aliphatic heterocycles. The van der Waals surface area contributed by atoms with Gasteiger partial charge in [-0.15, -0.1) is 10.2 Å². The minimum atomic E-state index is 0.226. The summed E-state index contributed by atoms with van der Waals surface area (Å²) in [4.78, 5) is 18.7.